The second-order valence-electron chi connectivity index (χ2n) is 3.43. The van der Waals surface area contributed by atoms with E-state index in [1.807, 2.05) is 0 Å². The van der Waals surface area contributed by atoms with Crippen LogP contribution in [0.5, 0.6) is 5.75 Å². The number of unbranched alkanes of at least 4 members (excludes halogenated alkanes) is 1. The van der Waals surface area contributed by atoms with Gasteiger partial charge in [-0.05, 0) is 25.0 Å². The number of hydrogen-bond acceptors (Lipinski definition) is 2. The molecule has 0 aliphatic rings. The van der Waals surface area contributed by atoms with E-state index >= 15 is 0 Å². The fourth-order valence-electron chi connectivity index (χ4n) is 1.28. The van der Waals surface area contributed by atoms with Gasteiger partial charge in [-0.1, -0.05) is 12.1 Å². The van der Waals surface area contributed by atoms with E-state index in [9.17, 15) is 13.2 Å². The Balaban J connectivity index is 2.51. The Bertz CT molecular complexity index is 363. The highest BCUT2D eigenvalue weighted by Crippen LogP contribution is 2.24. The molecule has 17 heavy (non-hydrogen) atoms. The van der Waals surface area contributed by atoms with Gasteiger partial charge in [0.15, 0.2) is 0 Å². The highest BCUT2D eigenvalue weighted by molar-refractivity contribution is 5.48. The normalized spacial score (nSPS) is 11.0. The first-order valence-electron chi connectivity index (χ1n) is 5.22. The zero-order valence-corrected chi connectivity index (χ0v) is 9.26. The van der Waals surface area contributed by atoms with Crippen molar-refractivity contribution < 1.29 is 17.9 Å². The first-order valence-corrected chi connectivity index (χ1v) is 5.22. The van der Waals surface area contributed by atoms with Crippen LogP contribution in [-0.4, -0.2) is 12.9 Å². The number of halogens is 3. The predicted molar refractivity (Wildman–Crippen MR) is 61.0 cm³/mol. The van der Waals surface area contributed by atoms with Crippen molar-refractivity contribution in [3.8, 4) is 5.75 Å². The Morgan fingerprint density at radius 3 is 2.76 bits per heavy atom. The topological polar surface area (TPSA) is 21.3 Å². The smallest absolute Gasteiger partial charge is 0.406 e. The summed E-state index contributed by atoms with van der Waals surface area (Å²) in [7, 11) is 0. The van der Waals surface area contributed by atoms with Crippen LogP contribution in [0, 0.1) is 0 Å². The van der Waals surface area contributed by atoms with E-state index in [-0.39, 0.29) is 5.75 Å². The Hall–Kier alpha value is -1.65. The van der Waals surface area contributed by atoms with E-state index in [0.29, 0.717) is 12.2 Å². The van der Waals surface area contributed by atoms with Crippen LogP contribution < -0.4 is 10.1 Å². The molecule has 0 saturated heterocycles. The van der Waals surface area contributed by atoms with Crippen molar-refractivity contribution in [2.24, 2.45) is 0 Å². The third-order valence-electron chi connectivity index (χ3n) is 1.98. The van der Waals surface area contributed by atoms with Crippen LogP contribution in [0.2, 0.25) is 0 Å². The van der Waals surface area contributed by atoms with Crippen LogP contribution in [0.4, 0.5) is 18.9 Å². The molecule has 1 rings (SSSR count). The third kappa shape index (κ3) is 5.85. The van der Waals surface area contributed by atoms with Crippen LogP contribution in [0.15, 0.2) is 36.9 Å². The van der Waals surface area contributed by atoms with E-state index < -0.39 is 6.36 Å². The maximum Gasteiger partial charge on any atom is 0.573 e. The van der Waals surface area contributed by atoms with E-state index in [0.717, 1.165) is 12.8 Å². The van der Waals surface area contributed by atoms with Gasteiger partial charge < -0.3 is 10.1 Å². The van der Waals surface area contributed by atoms with Gasteiger partial charge in [0.2, 0.25) is 0 Å². The standard InChI is InChI=1S/C12H14F3NO/c1-2-3-4-8-16-10-6-5-7-11(9-10)17-12(13,14)15/h2,5-7,9,16H,1,3-4,8H2. The monoisotopic (exact) mass is 245 g/mol. The summed E-state index contributed by atoms with van der Waals surface area (Å²) in [6.07, 6.45) is -1.11. The maximum atomic E-state index is 12.0. The van der Waals surface area contributed by atoms with Crippen molar-refractivity contribution in [3.63, 3.8) is 0 Å². The molecular weight excluding hydrogens is 231 g/mol. The lowest BCUT2D eigenvalue weighted by Gasteiger charge is -2.11. The van der Waals surface area contributed by atoms with Crippen LogP contribution in [-0.2, 0) is 0 Å². The molecule has 5 heteroatoms. The molecule has 1 aromatic rings. The molecule has 0 fully saturated rings. The van der Waals surface area contributed by atoms with Crippen molar-refractivity contribution in [3.05, 3.63) is 36.9 Å². The van der Waals surface area contributed by atoms with E-state index in [1.54, 1.807) is 12.1 Å². The average Bonchev–Trinajstić information content (AvgIpc) is 2.23. The molecule has 0 atom stereocenters. The van der Waals surface area contributed by atoms with Crippen molar-refractivity contribution in [1.29, 1.82) is 0 Å². The number of ether oxygens (including phenoxy) is 1. The molecule has 1 aromatic carbocycles. The van der Waals surface area contributed by atoms with Gasteiger partial charge in [-0.3, -0.25) is 0 Å². The number of benzene rings is 1. The predicted octanol–water partition coefficient (Wildman–Crippen LogP) is 3.96. The summed E-state index contributed by atoms with van der Waals surface area (Å²) < 4.78 is 39.7. The molecule has 1 N–H and O–H groups in total. The average molecular weight is 245 g/mol. The number of anilines is 1. The lowest BCUT2D eigenvalue weighted by molar-refractivity contribution is -0.274. The minimum atomic E-state index is -4.65. The second kappa shape index (κ2) is 6.18. The summed E-state index contributed by atoms with van der Waals surface area (Å²) in [6, 6.07) is 5.79. The first kappa shape index (κ1) is 13.4. The largest absolute Gasteiger partial charge is 0.573 e. The van der Waals surface area contributed by atoms with Crippen LogP contribution in [0.25, 0.3) is 0 Å². The molecule has 0 bridgehead atoms. The number of alkyl halides is 3. The Kier molecular flexibility index (Phi) is 4.87. The van der Waals surface area contributed by atoms with Gasteiger partial charge in [0, 0.05) is 18.3 Å². The Labute approximate surface area is 98.1 Å². The van der Waals surface area contributed by atoms with Gasteiger partial charge in [-0.2, -0.15) is 0 Å². The molecule has 0 spiro atoms. The maximum absolute atomic E-state index is 12.0. The molecule has 0 heterocycles. The molecule has 94 valence electrons. The van der Waals surface area contributed by atoms with E-state index in [1.165, 1.54) is 18.2 Å². The summed E-state index contributed by atoms with van der Waals surface area (Å²) in [5.41, 5.74) is 0.607. The van der Waals surface area contributed by atoms with Gasteiger partial charge in [0.1, 0.15) is 5.75 Å². The summed E-state index contributed by atoms with van der Waals surface area (Å²) in [5, 5.41) is 3.01. The number of rotatable bonds is 6. The minimum absolute atomic E-state index is 0.216. The molecule has 0 aliphatic carbocycles. The zero-order chi connectivity index (χ0) is 12.7. The lowest BCUT2D eigenvalue weighted by atomic mass is 10.2. The van der Waals surface area contributed by atoms with Gasteiger partial charge in [0.25, 0.3) is 0 Å². The zero-order valence-electron chi connectivity index (χ0n) is 9.26. The molecule has 0 unspecified atom stereocenters. The number of allylic oxidation sites excluding steroid dienone is 1. The SMILES string of the molecule is C=CCCCNc1cccc(OC(F)(F)F)c1. The molecule has 0 saturated carbocycles. The summed E-state index contributed by atoms with van der Waals surface area (Å²) >= 11 is 0. The second-order valence-corrected chi connectivity index (χ2v) is 3.43. The van der Waals surface area contributed by atoms with Crippen LogP contribution in [0.1, 0.15) is 12.8 Å². The number of hydrogen-bond donors (Lipinski definition) is 1. The molecule has 0 aromatic heterocycles. The fraction of sp³-hybridized carbons (Fsp3) is 0.333. The van der Waals surface area contributed by atoms with Crippen LogP contribution >= 0.6 is 0 Å². The molecule has 2 nitrogen and oxygen atoms in total. The molecule has 0 radical (unpaired) electrons. The summed E-state index contributed by atoms with van der Waals surface area (Å²) in [4.78, 5) is 0. The van der Waals surface area contributed by atoms with E-state index in [2.05, 4.69) is 16.6 Å². The van der Waals surface area contributed by atoms with Gasteiger partial charge in [-0.15, -0.1) is 19.8 Å². The highest BCUT2D eigenvalue weighted by Gasteiger charge is 2.31. The third-order valence-corrected chi connectivity index (χ3v) is 1.98. The van der Waals surface area contributed by atoms with Gasteiger partial charge >= 0.3 is 6.36 Å². The van der Waals surface area contributed by atoms with Gasteiger partial charge in [-0.25, -0.2) is 0 Å². The lowest BCUT2D eigenvalue weighted by Crippen LogP contribution is -2.17. The Morgan fingerprint density at radius 1 is 1.35 bits per heavy atom. The first-order chi connectivity index (χ1) is 8.01. The van der Waals surface area contributed by atoms with Crippen molar-refractivity contribution >= 4 is 5.69 Å². The Morgan fingerprint density at radius 2 is 2.12 bits per heavy atom. The molecular formula is C12H14F3NO. The highest BCUT2D eigenvalue weighted by atomic mass is 19.4. The van der Waals surface area contributed by atoms with Crippen molar-refractivity contribution in [2.75, 3.05) is 11.9 Å². The van der Waals surface area contributed by atoms with Gasteiger partial charge in [0.05, 0.1) is 0 Å². The van der Waals surface area contributed by atoms with E-state index in [4.69, 9.17) is 0 Å². The van der Waals surface area contributed by atoms with Crippen LogP contribution in [0.3, 0.4) is 0 Å². The van der Waals surface area contributed by atoms with Crippen molar-refractivity contribution in [1.82, 2.24) is 0 Å². The summed E-state index contributed by atoms with van der Waals surface area (Å²) in [6.45, 7) is 4.27. The summed E-state index contributed by atoms with van der Waals surface area (Å²) in [5.74, 6) is -0.216. The molecule has 0 aliphatic heterocycles. The number of nitrogens with one attached hydrogen (secondary N) is 1. The quantitative estimate of drug-likeness (QED) is 0.605. The molecule has 0 amide bonds. The fourth-order valence-corrected chi connectivity index (χ4v) is 1.28. The minimum Gasteiger partial charge on any atom is -0.406 e. The van der Waals surface area contributed by atoms with Crippen molar-refractivity contribution in [2.45, 2.75) is 19.2 Å².